The molecule has 1 aliphatic rings. The van der Waals surface area contributed by atoms with E-state index in [-0.39, 0.29) is 0 Å². The van der Waals surface area contributed by atoms with Crippen molar-refractivity contribution in [3.63, 3.8) is 0 Å². The van der Waals surface area contributed by atoms with Crippen molar-refractivity contribution in [2.24, 2.45) is 0 Å². The molecule has 168 valence electrons. The highest BCUT2D eigenvalue weighted by molar-refractivity contribution is 7.89. The van der Waals surface area contributed by atoms with E-state index in [1.807, 2.05) is 61.6 Å². The molecule has 0 radical (unpaired) electrons. The lowest BCUT2D eigenvalue weighted by atomic mass is 10.1. The second-order valence-electron chi connectivity index (χ2n) is 8.57. The summed E-state index contributed by atoms with van der Waals surface area (Å²) < 4.78 is 30.1. The van der Waals surface area contributed by atoms with Crippen LogP contribution in [0.15, 0.2) is 53.4 Å². The topological polar surface area (TPSA) is 81.7 Å². The Morgan fingerprint density at radius 3 is 2.33 bits per heavy atom. The second kappa shape index (κ2) is 7.87. The van der Waals surface area contributed by atoms with Crippen molar-refractivity contribution in [2.75, 3.05) is 31.1 Å². The smallest absolute Gasteiger partial charge is 0.243 e. The third kappa shape index (κ3) is 3.45. The normalized spacial score (nSPS) is 15.3. The molecule has 2 aromatic heterocycles. The highest BCUT2D eigenvalue weighted by atomic mass is 32.2. The molecule has 0 saturated carbocycles. The Balaban J connectivity index is 1.50. The van der Waals surface area contributed by atoms with Gasteiger partial charge in [-0.2, -0.15) is 9.57 Å². The van der Waals surface area contributed by atoms with E-state index in [1.54, 1.807) is 16.4 Å². The van der Waals surface area contributed by atoms with Gasteiger partial charge in [0.15, 0.2) is 5.65 Å². The van der Waals surface area contributed by atoms with E-state index in [0.717, 1.165) is 33.5 Å². The monoisotopic (exact) mass is 459 g/mol. The fourth-order valence-electron chi connectivity index (χ4n) is 4.48. The van der Waals surface area contributed by atoms with Gasteiger partial charge in [-0.05, 0) is 67.8 Å². The molecule has 0 spiro atoms. The van der Waals surface area contributed by atoms with Crippen LogP contribution in [0.4, 0.5) is 5.82 Å². The highest BCUT2D eigenvalue weighted by Gasteiger charge is 2.30. The van der Waals surface area contributed by atoms with Gasteiger partial charge in [0.25, 0.3) is 0 Å². The van der Waals surface area contributed by atoms with Crippen LogP contribution < -0.4 is 4.90 Å². The Kier molecular flexibility index (Phi) is 5.11. The third-order valence-electron chi connectivity index (χ3n) is 6.54. The summed E-state index contributed by atoms with van der Waals surface area (Å²) in [5.41, 5.74) is 5.87. The molecule has 2 aromatic carbocycles. The van der Waals surface area contributed by atoms with E-state index >= 15 is 0 Å². The van der Waals surface area contributed by atoms with Gasteiger partial charge in [-0.25, -0.2) is 13.4 Å². The zero-order valence-electron chi connectivity index (χ0n) is 18.9. The Bertz CT molecular complexity index is 1540. The van der Waals surface area contributed by atoms with Crippen LogP contribution in [0.5, 0.6) is 0 Å². The fraction of sp³-hybridized carbons (Fsp3) is 0.280. The standard InChI is InChI=1S/C25H25N5O2S/c1-17-8-9-20(14-18(17)2)33(31,32)29-12-10-28(11-13-29)24-15-19(3)21(16-26)25-27-22-6-4-5-7-23(22)30(24)25/h4-9,14-15H,10-13H2,1-3H3. The molecule has 0 amide bonds. The molecule has 7 nitrogen and oxygen atoms in total. The first kappa shape index (κ1) is 21.4. The zero-order chi connectivity index (χ0) is 23.3. The molecule has 5 rings (SSSR count). The highest BCUT2D eigenvalue weighted by Crippen LogP contribution is 2.30. The van der Waals surface area contributed by atoms with Gasteiger partial charge in [-0.1, -0.05) is 18.2 Å². The molecular formula is C25H25N5O2S. The van der Waals surface area contributed by atoms with Gasteiger partial charge >= 0.3 is 0 Å². The van der Waals surface area contributed by atoms with Crippen molar-refractivity contribution >= 4 is 32.5 Å². The van der Waals surface area contributed by atoms with Gasteiger partial charge in [0, 0.05) is 26.2 Å². The Hall–Kier alpha value is -3.41. The summed E-state index contributed by atoms with van der Waals surface area (Å²) in [5.74, 6) is 0.929. The maximum atomic E-state index is 13.2. The number of hydrogen-bond donors (Lipinski definition) is 0. The predicted octanol–water partition coefficient (Wildman–Crippen LogP) is 3.80. The lowest BCUT2D eigenvalue weighted by Gasteiger charge is -2.36. The number of para-hydroxylation sites is 2. The average molecular weight is 460 g/mol. The summed E-state index contributed by atoms with van der Waals surface area (Å²) in [6.45, 7) is 7.71. The maximum Gasteiger partial charge on any atom is 0.243 e. The summed E-state index contributed by atoms with van der Waals surface area (Å²) in [5, 5.41) is 9.72. The molecule has 8 heteroatoms. The van der Waals surface area contributed by atoms with Crippen LogP contribution in [-0.2, 0) is 10.0 Å². The summed E-state index contributed by atoms with van der Waals surface area (Å²) in [7, 11) is -3.55. The molecule has 0 aliphatic carbocycles. The van der Waals surface area contributed by atoms with Gasteiger partial charge in [0.2, 0.25) is 10.0 Å². The number of rotatable bonds is 3. The Morgan fingerprint density at radius 1 is 0.909 bits per heavy atom. The number of nitriles is 1. The van der Waals surface area contributed by atoms with Crippen molar-refractivity contribution in [1.29, 1.82) is 5.26 Å². The largest absolute Gasteiger partial charge is 0.355 e. The lowest BCUT2D eigenvalue weighted by Crippen LogP contribution is -2.49. The predicted molar refractivity (Wildman–Crippen MR) is 129 cm³/mol. The van der Waals surface area contributed by atoms with E-state index in [4.69, 9.17) is 4.98 Å². The summed E-state index contributed by atoms with van der Waals surface area (Å²) in [6, 6.07) is 17.4. The first-order valence-electron chi connectivity index (χ1n) is 10.9. The number of sulfonamides is 1. The first-order valence-corrected chi connectivity index (χ1v) is 12.4. The van der Waals surface area contributed by atoms with Gasteiger partial charge in [-0.3, -0.25) is 4.40 Å². The second-order valence-corrected chi connectivity index (χ2v) is 10.5. The molecular weight excluding hydrogens is 434 g/mol. The van der Waals surface area contributed by atoms with Crippen LogP contribution in [0.25, 0.3) is 16.7 Å². The minimum Gasteiger partial charge on any atom is -0.355 e. The van der Waals surface area contributed by atoms with Crippen LogP contribution in [0, 0.1) is 32.1 Å². The number of aryl methyl sites for hydroxylation is 3. The van der Waals surface area contributed by atoms with Gasteiger partial charge in [-0.15, -0.1) is 0 Å². The minimum absolute atomic E-state index is 0.344. The number of fused-ring (bicyclic) bond motifs is 3. The van der Waals surface area contributed by atoms with Crippen LogP contribution in [0.2, 0.25) is 0 Å². The molecule has 3 heterocycles. The van der Waals surface area contributed by atoms with Gasteiger partial charge < -0.3 is 4.90 Å². The van der Waals surface area contributed by atoms with E-state index in [9.17, 15) is 13.7 Å². The maximum absolute atomic E-state index is 13.2. The molecule has 0 atom stereocenters. The molecule has 0 N–H and O–H groups in total. The molecule has 0 bridgehead atoms. The average Bonchev–Trinajstić information content (AvgIpc) is 3.19. The molecule has 4 aromatic rings. The molecule has 1 saturated heterocycles. The van der Waals surface area contributed by atoms with Gasteiger partial charge in [0.1, 0.15) is 11.9 Å². The number of imidazole rings is 1. The number of piperazine rings is 1. The van der Waals surface area contributed by atoms with Gasteiger partial charge in [0.05, 0.1) is 21.5 Å². The summed E-state index contributed by atoms with van der Waals surface area (Å²) in [6.07, 6.45) is 0. The molecule has 33 heavy (non-hydrogen) atoms. The Morgan fingerprint density at radius 2 is 1.64 bits per heavy atom. The van der Waals surface area contributed by atoms with Crippen LogP contribution in [0.3, 0.4) is 0 Å². The SMILES string of the molecule is Cc1ccc(S(=O)(=O)N2CCN(c3cc(C)c(C#N)c4nc5ccccc5n34)CC2)cc1C. The number of hydrogen-bond acceptors (Lipinski definition) is 5. The quantitative estimate of drug-likeness (QED) is 0.466. The molecule has 1 fully saturated rings. The minimum atomic E-state index is -3.55. The first-order chi connectivity index (χ1) is 15.8. The number of nitrogens with zero attached hydrogens (tertiary/aromatic N) is 5. The zero-order valence-corrected chi connectivity index (χ0v) is 19.7. The van der Waals surface area contributed by atoms with Crippen molar-refractivity contribution < 1.29 is 8.42 Å². The Labute approximate surface area is 193 Å². The molecule has 1 aliphatic heterocycles. The van der Waals surface area contributed by atoms with Crippen molar-refractivity contribution in [3.05, 3.63) is 70.8 Å². The number of benzene rings is 2. The van der Waals surface area contributed by atoms with Crippen LogP contribution >= 0.6 is 0 Å². The number of aromatic nitrogens is 2. The van der Waals surface area contributed by atoms with E-state index in [0.29, 0.717) is 42.3 Å². The van der Waals surface area contributed by atoms with E-state index in [1.165, 1.54) is 0 Å². The molecule has 0 unspecified atom stereocenters. The van der Waals surface area contributed by atoms with Crippen molar-refractivity contribution in [3.8, 4) is 6.07 Å². The number of pyridine rings is 1. The van der Waals surface area contributed by atoms with Crippen molar-refractivity contribution in [2.45, 2.75) is 25.7 Å². The summed E-state index contributed by atoms with van der Waals surface area (Å²) in [4.78, 5) is 7.24. The fourth-order valence-corrected chi connectivity index (χ4v) is 5.99. The van der Waals surface area contributed by atoms with Crippen LogP contribution in [-0.4, -0.2) is 48.3 Å². The summed E-state index contributed by atoms with van der Waals surface area (Å²) >= 11 is 0. The van der Waals surface area contributed by atoms with E-state index < -0.39 is 10.0 Å². The van der Waals surface area contributed by atoms with Crippen molar-refractivity contribution in [1.82, 2.24) is 13.7 Å². The number of anilines is 1. The lowest BCUT2D eigenvalue weighted by molar-refractivity contribution is 0.383. The van der Waals surface area contributed by atoms with E-state index in [2.05, 4.69) is 11.0 Å². The third-order valence-corrected chi connectivity index (χ3v) is 8.44. The van der Waals surface area contributed by atoms with Crippen LogP contribution in [0.1, 0.15) is 22.3 Å².